The summed E-state index contributed by atoms with van der Waals surface area (Å²) >= 11 is 2.95. The fourth-order valence-corrected chi connectivity index (χ4v) is 4.80. The average molecular weight is 427 g/mol. The SMILES string of the molecule is Cc1cc2nnc(SCCC(=O)Nc3nnc(C(C)C)s3)n2c2c(C)cccc12. The second kappa shape index (κ2) is 8.08. The summed E-state index contributed by atoms with van der Waals surface area (Å²) in [6.07, 6.45) is 0.360. The number of carbonyl (C=O) groups excluding carboxylic acids is 1. The van der Waals surface area contributed by atoms with Crippen LogP contribution in [0.25, 0.3) is 16.6 Å². The number of thioether (sulfide) groups is 1. The second-order valence-electron chi connectivity index (χ2n) is 7.22. The van der Waals surface area contributed by atoms with Gasteiger partial charge in [-0.15, -0.1) is 20.4 Å². The Morgan fingerprint density at radius 2 is 2.00 bits per heavy atom. The first-order valence-electron chi connectivity index (χ1n) is 9.44. The molecule has 0 fully saturated rings. The maximum absolute atomic E-state index is 12.3. The monoisotopic (exact) mass is 426 g/mol. The summed E-state index contributed by atoms with van der Waals surface area (Å²) in [6.45, 7) is 8.29. The minimum atomic E-state index is -0.0744. The van der Waals surface area contributed by atoms with Crippen molar-refractivity contribution in [1.82, 2.24) is 24.8 Å². The van der Waals surface area contributed by atoms with E-state index in [2.05, 4.69) is 76.0 Å². The van der Waals surface area contributed by atoms with Crippen molar-refractivity contribution in [2.75, 3.05) is 11.1 Å². The lowest BCUT2D eigenvalue weighted by molar-refractivity contribution is -0.115. The summed E-state index contributed by atoms with van der Waals surface area (Å²) in [7, 11) is 0. The molecule has 4 aromatic rings. The molecule has 0 saturated carbocycles. The van der Waals surface area contributed by atoms with Crippen LogP contribution in [0, 0.1) is 13.8 Å². The molecule has 9 heteroatoms. The van der Waals surface area contributed by atoms with Crippen LogP contribution >= 0.6 is 23.1 Å². The number of nitrogens with one attached hydrogen (secondary N) is 1. The maximum Gasteiger partial charge on any atom is 0.227 e. The van der Waals surface area contributed by atoms with Crippen LogP contribution < -0.4 is 5.32 Å². The molecule has 1 aromatic carbocycles. The molecular formula is C20H22N6OS2. The van der Waals surface area contributed by atoms with Crippen molar-refractivity contribution in [2.24, 2.45) is 0 Å². The van der Waals surface area contributed by atoms with Gasteiger partial charge in [-0.25, -0.2) is 0 Å². The van der Waals surface area contributed by atoms with Gasteiger partial charge in [0.15, 0.2) is 10.8 Å². The third-order valence-corrected chi connectivity index (χ3v) is 6.70. The molecule has 0 atom stereocenters. The normalized spacial score (nSPS) is 11.6. The molecule has 1 N–H and O–H groups in total. The Labute approximate surface area is 176 Å². The number of hydrogen-bond donors (Lipinski definition) is 1. The van der Waals surface area contributed by atoms with Gasteiger partial charge in [0.2, 0.25) is 11.0 Å². The van der Waals surface area contributed by atoms with Gasteiger partial charge in [0.25, 0.3) is 0 Å². The first-order chi connectivity index (χ1) is 13.9. The summed E-state index contributed by atoms with van der Waals surface area (Å²) in [5, 5.41) is 23.1. The van der Waals surface area contributed by atoms with E-state index in [0.29, 0.717) is 23.2 Å². The lowest BCUT2D eigenvalue weighted by Gasteiger charge is -2.09. The van der Waals surface area contributed by atoms with Crippen molar-refractivity contribution in [3.8, 4) is 0 Å². The number of nitrogens with zero attached hydrogens (tertiary/aromatic N) is 5. The Morgan fingerprint density at radius 1 is 1.17 bits per heavy atom. The van der Waals surface area contributed by atoms with E-state index in [9.17, 15) is 4.79 Å². The fraction of sp³-hybridized carbons (Fsp3) is 0.350. The Morgan fingerprint density at radius 3 is 2.76 bits per heavy atom. The number of anilines is 1. The summed E-state index contributed by atoms with van der Waals surface area (Å²) < 4.78 is 2.08. The van der Waals surface area contributed by atoms with Crippen LogP contribution in [-0.4, -0.2) is 36.5 Å². The number of para-hydroxylation sites is 1. The molecule has 3 heterocycles. The highest BCUT2D eigenvalue weighted by Gasteiger charge is 2.14. The molecule has 7 nitrogen and oxygen atoms in total. The molecule has 0 aliphatic heterocycles. The Balaban J connectivity index is 1.48. The van der Waals surface area contributed by atoms with Crippen LogP contribution in [0.1, 0.15) is 42.3 Å². The summed E-state index contributed by atoms with van der Waals surface area (Å²) in [5.41, 5.74) is 4.30. The molecule has 0 saturated heterocycles. The molecule has 0 radical (unpaired) electrons. The van der Waals surface area contributed by atoms with Crippen LogP contribution in [0.4, 0.5) is 5.13 Å². The summed E-state index contributed by atoms with van der Waals surface area (Å²) in [4.78, 5) is 12.3. The van der Waals surface area contributed by atoms with Crippen LogP contribution in [0.3, 0.4) is 0 Å². The fourth-order valence-electron chi connectivity index (χ4n) is 3.16. The first-order valence-corrected chi connectivity index (χ1v) is 11.2. The first kappa shape index (κ1) is 19.8. The Kier molecular flexibility index (Phi) is 5.51. The Hall–Kier alpha value is -2.52. The van der Waals surface area contributed by atoms with E-state index in [-0.39, 0.29) is 5.91 Å². The topological polar surface area (TPSA) is 85.1 Å². The zero-order valence-electron chi connectivity index (χ0n) is 16.8. The van der Waals surface area contributed by atoms with E-state index >= 15 is 0 Å². The number of benzene rings is 1. The van der Waals surface area contributed by atoms with Crippen LogP contribution in [0.15, 0.2) is 29.4 Å². The molecular weight excluding hydrogens is 404 g/mol. The molecule has 4 rings (SSSR count). The summed E-state index contributed by atoms with van der Waals surface area (Å²) in [6, 6.07) is 8.33. The van der Waals surface area contributed by atoms with Gasteiger partial charge in [-0.05, 0) is 31.0 Å². The zero-order chi connectivity index (χ0) is 20.5. The number of fused-ring (bicyclic) bond motifs is 3. The number of pyridine rings is 1. The largest absolute Gasteiger partial charge is 0.301 e. The van der Waals surface area contributed by atoms with Crippen molar-refractivity contribution in [3.63, 3.8) is 0 Å². The molecule has 1 amide bonds. The number of rotatable bonds is 6. The molecule has 0 aliphatic rings. The van der Waals surface area contributed by atoms with Crippen LogP contribution in [-0.2, 0) is 4.79 Å². The lowest BCUT2D eigenvalue weighted by atomic mass is 10.1. The van der Waals surface area contributed by atoms with E-state index in [1.54, 1.807) is 0 Å². The third kappa shape index (κ3) is 3.97. The molecule has 0 spiro atoms. The number of amides is 1. The highest BCUT2D eigenvalue weighted by molar-refractivity contribution is 7.99. The van der Waals surface area contributed by atoms with Gasteiger partial charge >= 0.3 is 0 Å². The quantitative estimate of drug-likeness (QED) is 0.454. The number of hydrogen-bond acceptors (Lipinski definition) is 7. The number of aryl methyl sites for hydroxylation is 2. The molecule has 0 aliphatic carbocycles. The summed E-state index contributed by atoms with van der Waals surface area (Å²) in [5.74, 6) is 0.829. The van der Waals surface area contributed by atoms with Crippen LogP contribution in [0.2, 0.25) is 0 Å². The molecule has 29 heavy (non-hydrogen) atoms. The molecule has 0 bridgehead atoms. The van der Waals surface area contributed by atoms with Crippen LogP contribution in [0.5, 0.6) is 0 Å². The van der Waals surface area contributed by atoms with Gasteiger partial charge in [-0.2, -0.15) is 0 Å². The van der Waals surface area contributed by atoms with Crippen molar-refractivity contribution in [2.45, 2.75) is 45.2 Å². The van der Waals surface area contributed by atoms with Gasteiger partial charge in [0.1, 0.15) is 5.01 Å². The highest BCUT2D eigenvalue weighted by Crippen LogP contribution is 2.28. The van der Waals surface area contributed by atoms with E-state index in [4.69, 9.17) is 0 Å². The van der Waals surface area contributed by atoms with Gasteiger partial charge in [-0.3, -0.25) is 9.20 Å². The maximum atomic E-state index is 12.3. The standard InChI is InChI=1S/C20H22N6OS2/c1-11(2)18-23-24-19(29-18)21-16(27)8-9-28-20-25-22-15-10-13(4)14-7-5-6-12(3)17(14)26(15)20/h5-7,10-11H,8-9H2,1-4H3,(H,21,24,27). The van der Waals surface area contributed by atoms with Crippen molar-refractivity contribution >= 4 is 50.7 Å². The average Bonchev–Trinajstić information content (AvgIpc) is 3.29. The molecule has 0 unspecified atom stereocenters. The van der Waals surface area contributed by atoms with Gasteiger partial charge in [-0.1, -0.05) is 55.1 Å². The number of carbonyl (C=O) groups is 1. The smallest absolute Gasteiger partial charge is 0.227 e. The third-order valence-electron chi connectivity index (χ3n) is 4.63. The van der Waals surface area contributed by atoms with Gasteiger partial charge in [0.05, 0.1) is 5.52 Å². The highest BCUT2D eigenvalue weighted by atomic mass is 32.2. The minimum absolute atomic E-state index is 0.0744. The predicted molar refractivity (Wildman–Crippen MR) is 118 cm³/mol. The molecule has 3 aromatic heterocycles. The van der Waals surface area contributed by atoms with Gasteiger partial charge < -0.3 is 5.32 Å². The lowest BCUT2D eigenvalue weighted by Crippen LogP contribution is -2.12. The van der Waals surface area contributed by atoms with E-state index < -0.39 is 0 Å². The van der Waals surface area contributed by atoms with Gasteiger partial charge in [0, 0.05) is 23.5 Å². The van der Waals surface area contributed by atoms with E-state index in [1.165, 1.54) is 39.6 Å². The van der Waals surface area contributed by atoms with E-state index in [1.807, 2.05) is 6.07 Å². The van der Waals surface area contributed by atoms with Crippen molar-refractivity contribution in [1.29, 1.82) is 0 Å². The van der Waals surface area contributed by atoms with E-state index in [0.717, 1.165) is 21.3 Å². The van der Waals surface area contributed by atoms with Crippen molar-refractivity contribution in [3.05, 3.63) is 40.4 Å². The second-order valence-corrected chi connectivity index (χ2v) is 9.29. The predicted octanol–water partition coefficient (Wildman–Crippen LogP) is 4.60. The minimum Gasteiger partial charge on any atom is -0.301 e. The zero-order valence-corrected chi connectivity index (χ0v) is 18.4. The molecule has 150 valence electrons. The Bertz CT molecular complexity index is 1200. The van der Waals surface area contributed by atoms with Crippen molar-refractivity contribution < 1.29 is 4.79 Å². The number of aromatic nitrogens is 5.